The molecule has 0 aliphatic carbocycles. The predicted octanol–water partition coefficient (Wildman–Crippen LogP) is 3.30. The minimum atomic E-state index is -5.26. The van der Waals surface area contributed by atoms with Crippen LogP contribution in [-0.2, 0) is 17.3 Å². The summed E-state index contributed by atoms with van der Waals surface area (Å²) in [4.78, 5) is 23.8. The quantitative estimate of drug-likeness (QED) is 0.366. The third-order valence-corrected chi connectivity index (χ3v) is 2.70. The Labute approximate surface area is 120 Å². The van der Waals surface area contributed by atoms with Crippen molar-refractivity contribution in [3.63, 3.8) is 0 Å². The van der Waals surface area contributed by atoms with Gasteiger partial charge in [0.25, 0.3) is 6.43 Å². The summed E-state index contributed by atoms with van der Waals surface area (Å²) in [6.07, 6.45) is -9.34. The number of carbonyl (C=O) groups excluding carboxylic acids is 1. The van der Waals surface area contributed by atoms with Crippen LogP contribution >= 0.6 is 0 Å². The lowest BCUT2D eigenvalue weighted by atomic mass is 9.99. The number of aromatic nitrogens is 1. The molecule has 1 rings (SSSR count). The first-order valence-corrected chi connectivity index (χ1v) is 5.71. The maximum Gasteiger partial charge on any atom is 0.434 e. The molecular formula is C11H9F5N2O4. The van der Waals surface area contributed by atoms with Crippen molar-refractivity contribution in [1.29, 1.82) is 0 Å². The van der Waals surface area contributed by atoms with Gasteiger partial charge in [-0.3, -0.25) is 10.1 Å². The molecule has 0 saturated heterocycles. The van der Waals surface area contributed by atoms with Crippen LogP contribution in [0.5, 0.6) is 0 Å². The summed E-state index contributed by atoms with van der Waals surface area (Å²) in [5.41, 5.74) is -6.91. The molecule has 0 amide bonds. The van der Waals surface area contributed by atoms with Gasteiger partial charge in [-0.1, -0.05) is 6.92 Å². The van der Waals surface area contributed by atoms with Crippen molar-refractivity contribution in [2.24, 2.45) is 0 Å². The van der Waals surface area contributed by atoms with E-state index in [-0.39, 0.29) is 0 Å². The van der Waals surface area contributed by atoms with Gasteiger partial charge in [0, 0.05) is 5.56 Å². The second-order valence-electron chi connectivity index (χ2n) is 3.95. The van der Waals surface area contributed by atoms with Crippen LogP contribution in [0.4, 0.5) is 27.6 Å². The van der Waals surface area contributed by atoms with Crippen LogP contribution in [0.15, 0.2) is 0 Å². The topological polar surface area (TPSA) is 82.3 Å². The fraction of sp³-hybridized carbons (Fsp3) is 0.455. The fourth-order valence-corrected chi connectivity index (χ4v) is 1.87. The number of carbonyl (C=O) groups is 1. The third kappa shape index (κ3) is 3.12. The van der Waals surface area contributed by atoms with Crippen molar-refractivity contribution in [3.8, 4) is 0 Å². The van der Waals surface area contributed by atoms with Crippen molar-refractivity contribution in [3.05, 3.63) is 32.6 Å². The Morgan fingerprint density at radius 1 is 1.41 bits per heavy atom. The standard InChI is InChI=1S/C11H9F5N2O4/c1-3-4-5(10(19)22-2)8(11(14,15)16)17-6(9(12)13)7(4)18(20)21/h9H,3H2,1-2H3. The Balaban J connectivity index is 3.98. The summed E-state index contributed by atoms with van der Waals surface area (Å²) in [5.74, 6) is -1.54. The second kappa shape index (κ2) is 6.20. The number of ether oxygens (including phenoxy) is 1. The van der Waals surface area contributed by atoms with E-state index in [1.54, 1.807) is 0 Å². The highest BCUT2D eigenvalue weighted by molar-refractivity contribution is 5.94. The Morgan fingerprint density at radius 3 is 2.27 bits per heavy atom. The van der Waals surface area contributed by atoms with E-state index in [9.17, 15) is 36.9 Å². The Bertz CT molecular complexity index is 615. The van der Waals surface area contributed by atoms with Crippen LogP contribution in [-0.4, -0.2) is 23.0 Å². The monoisotopic (exact) mass is 328 g/mol. The van der Waals surface area contributed by atoms with Crippen molar-refractivity contribution < 1.29 is 36.4 Å². The lowest BCUT2D eigenvalue weighted by Crippen LogP contribution is -2.22. The van der Waals surface area contributed by atoms with Gasteiger partial charge in [0.1, 0.15) is 5.56 Å². The molecule has 0 N–H and O–H groups in total. The minimum absolute atomic E-state index is 0.466. The average molecular weight is 328 g/mol. The van der Waals surface area contributed by atoms with Gasteiger partial charge in [-0.2, -0.15) is 13.2 Å². The van der Waals surface area contributed by atoms with Gasteiger partial charge in [-0.15, -0.1) is 0 Å². The third-order valence-electron chi connectivity index (χ3n) is 2.70. The lowest BCUT2D eigenvalue weighted by molar-refractivity contribution is -0.387. The van der Waals surface area contributed by atoms with Gasteiger partial charge < -0.3 is 4.74 Å². The molecule has 22 heavy (non-hydrogen) atoms. The van der Waals surface area contributed by atoms with Crippen LogP contribution in [0.2, 0.25) is 0 Å². The summed E-state index contributed by atoms with van der Waals surface area (Å²) in [6, 6.07) is 0. The number of esters is 1. The highest BCUT2D eigenvalue weighted by atomic mass is 19.4. The molecule has 122 valence electrons. The molecule has 0 fully saturated rings. The molecule has 0 aliphatic heterocycles. The number of methoxy groups -OCH3 is 1. The molecule has 11 heteroatoms. The van der Waals surface area contributed by atoms with Gasteiger partial charge in [0.15, 0.2) is 11.4 Å². The van der Waals surface area contributed by atoms with Crippen LogP contribution in [0.25, 0.3) is 0 Å². The molecule has 0 saturated carbocycles. The summed E-state index contributed by atoms with van der Waals surface area (Å²) in [5, 5.41) is 10.9. The number of alkyl halides is 5. The molecule has 0 spiro atoms. The van der Waals surface area contributed by atoms with E-state index >= 15 is 0 Å². The van der Waals surface area contributed by atoms with Crippen LogP contribution in [0, 0.1) is 10.1 Å². The first-order chi connectivity index (χ1) is 10.1. The lowest BCUT2D eigenvalue weighted by Gasteiger charge is -2.16. The Morgan fingerprint density at radius 2 is 1.95 bits per heavy atom. The maximum atomic E-state index is 13.0. The van der Waals surface area contributed by atoms with Gasteiger partial charge in [-0.05, 0) is 6.42 Å². The normalized spacial score (nSPS) is 11.6. The average Bonchev–Trinajstić information content (AvgIpc) is 2.42. The number of hydrogen-bond acceptors (Lipinski definition) is 5. The van der Waals surface area contributed by atoms with Gasteiger partial charge in [-0.25, -0.2) is 18.6 Å². The van der Waals surface area contributed by atoms with Crippen molar-refractivity contribution in [1.82, 2.24) is 4.98 Å². The van der Waals surface area contributed by atoms with E-state index in [2.05, 4.69) is 9.72 Å². The zero-order valence-corrected chi connectivity index (χ0v) is 11.2. The molecule has 1 aromatic heterocycles. The number of hydrogen-bond donors (Lipinski definition) is 0. The number of nitro groups is 1. The zero-order chi connectivity index (χ0) is 17.2. The van der Waals surface area contributed by atoms with E-state index in [0.717, 1.165) is 7.11 Å². The van der Waals surface area contributed by atoms with E-state index in [0.29, 0.717) is 0 Å². The molecule has 1 aromatic rings. The Kier molecular flexibility index (Phi) is 4.99. The van der Waals surface area contributed by atoms with Gasteiger partial charge in [0.05, 0.1) is 12.0 Å². The van der Waals surface area contributed by atoms with E-state index in [4.69, 9.17) is 0 Å². The number of halogens is 5. The number of rotatable bonds is 4. The molecular weight excluding hydrogens is 319 g/mol. The molecule has 0 aromatic carbocycles. The number of nitrogens with zero attached hydrogens (tertiary/aromatic N) is 2. The molecule has 6 nitrogen and oxygen atoms in total. The van der Waals surface area contributed by atoms with Crippen molar-refractivity contribution in [2.45, 2.75) is 25.9 Å². The smallest absolute Gasteiger partial charge is 0.434 e. The first-order valence-electron chi connectivity index (χ1n) is 5.71. The van der Waals surface area contributed by atoms with Crippen LogP contribution < -0.4 is 0 Å². The van der Waals surface area contributed by atoms with Crippen LogP contribution in [0.1, 0.15) is 40.7 Å². The van der Waals surface area contributed by atoms with E-state index in [1.807, 2.05) is 0 Å². The summed E-state index contributed by atoms with van der Waals surface area (Å²) in [7, 11) is 0.759. The Hall–Kier alpha value is -2.33. The largest absolute Gasteiger partial charge is 0.465 e. The summed E-state index contributed by atoms with van der Waals surface area (Å²) in [6.45, 7) is 1.18. The molecule has 0 unspecified atom stereocenters. The van der Waals surface area contributed by atoms with E-state index in [1.165, 1.54) is 6.92 Å². The first kappa shape index (κ1) is 17.7. The molecule has 0 atom stereocenters. The highest BCUT2D eigenvalue weighted by Gasteiger charge is 2.44. The molecule has 0 aliphatic rings. The summed E-state index contributed by atoms with van der Waals surface area (Å²) < 4.78 is 68.7. The fourth-order valence-electron chi connectivity index (χ4n) is 1.87. The predicted molar refractivity (Wildman–Crippen MR) is 61.6 cm³/mol. The number of pyridine rings is 1. The van der Waals surface area contributed by atoms with E-state index < -0.39 is 58.1 Å². The van der Waals surface area contributed by atoms with Crippen LogP contribution in [0.3, 0.4) is 0 Å². The minimum Gasteiger partial charge on any atom is -0.465 e. The highest BCUT2D eigenvalue weighted by Crippen LogP contribution is 2.40. The molecule has 0 bridgehead atoms. The maximum absolute atomic E-state index is 13.0. The zero-order valence-electron chi connectivity index (χ0n) is 11.2. The second-order valence-corrected chi connectivity index (χ2v) is 3.95. The summed E-state index contributed by atoms with van der Waals surface area (Å²) >= 11 is 0. The van der Waals surface area contributed by atoms with Crippen molar-refractivity contribution in [2.75, 3.05) is 7.11 Å². The van der Waals surface area contributed by atoms with Crippen molar-refractivity contribution >= 4 is 11.7 Å². The molecule has 1 heterocycles. The van der Waals surface area contributed by atoms with Gasteiger partial charge in [0.2, 0.25) is 0 Å². The molecule has 0 radical (unpaired) electrons. The van der Waals surface area contributed by atoms with Gasteiger partial charge >= 0.3 is 17.8 Å². The SMILES string of the molecule is CCc1c(C(=O)OC)c(C(F)(F)F)nc(C(F)F)c1[N+](=O)[O-].